The van der Waals surface area contributed by atoms with Crippen LogP contribution in [0.2, 0.25) is 0 Å². The highest BCUT2D eigenvalue weighted by atomic mass is 79.9. The summed E-state index contributed by atoms with van der Waals surface area (Å²) < 4.78 is 6.23. The van der Waals surface area contributed by atoms with E-state index < -0.39 is 11.4 Å². The molecule has 126 valence electrons. The van der Waals surface area contributed by atoms with Crippen LogP contribution in [-0.2, 0) is 9.53 Å². The summed E-state index contributed by atoms with van der Waals surface area (Å²) in [5.41, 5.74) is -0.410. The van der Waals surface area contributed by atoms with Gasteiger partial charge < -0.3 is 15.2 Å². The van der Waals surface area contributed by atoms with Gasteiger partial charge in [0, 0.05) is 29.8 Å². The SMILES string of the molecule is O=C(NCC1(C(=O)O)CCOCC1)c1ccc2cc(Br)ccc2c1. The van der Waals surface area contributed by atoms with Gasteiger partial charge in [-0.05, 0) is 47.9 Å². The molecule has 1 heterocycles. The molecule has 0 spiro atoms. The lowest BCUT2D eigenvalue weighted by Crippen LogP contribution is -2.46. The number of carboxylic acid groups (broad SMARTS) is 1. The number of halogens is 1. The Bertz CT molecular complexity index is 784. The number of nitrogens with one attached hydrogen (secondary N) is 1. The van der Waals surface area contributed by atoms with E-state index in [0.29, 0.717) is 31.6 Å². The smallest absolute Gasteiger partial charge is 0.311 e. The van der Waals surface area contributed by atoms with Gasteiger partial charge in [-0.25, -0.2) is 0 Å². The molecule has 1 aliphatic rings. The number of fused-ring (bicyclic) bond motifs is 1. The van der Waals surface area contributed by atoms with Crippen LogP contribution in [-0.4, -0.2) is 36.7 Å². The second-order valence-electron chi connectivity index (χ2n) is 6.09. The molecule has 5 nitrogen and oxygen atoms in total. The van der Waals surface area contributed by atoms with Gasteiger partial charge in [-0.3, -0.25) is 9.59 Å². The van der Waals surface area contributed by atoms with E-state index in [1.807, 2.05) is 30.3 Å². The van der Waals surface area contributed by atoms with Crippen molar-refractivity contribution in [2.75, 3.05) is 19.8 Å². The Morgan fingerprint density at radius 2 is 1.79 bits per heavy atom. The summed E-state index contributed by atoms with van der Waals surface area (Å²) in [6.45, 7) is 0.933. The van der Waals surface area contributed by atoms with Crippen LogP contribution in [0.15, 0.2) is 40.9 Å². The van der Waals surface area contributed by atoms with Gasteiger partial charge in [-0.2, -0.15) is 0 Å². The fraction of sp³-hybridized carbons (Fsp3) is 0.333. The van der Waals surface area contributed by atoms with Crippen molar-refractivity contribution in [2.24, 2.45) is 5.41 Å². The molecule has 1 amide bonds. The Kier molecular flexibility index (Phi) is 4.87. The zero-order valence-electron chi connectivity index (χ0n) is 13.0. The minimum absolute atomic E-state index is 0.114. The Morgan fingerprint density at radius 3 is 2.50 bits per heavy atom. The third-order valence-corrected chi connectivity index (χ3v) is 5.05. The Labute approximate surface area is 148 Å². The zero-order chi connectivity index (χ0) is 17.2. The molecule has 0 atom stereocenters. The third-order valence-electron chi connectivity index (χ3n) is 4.56. The van der Waals surface area contributed by atoms with Gasteiger partial charge in [0.2, 0.25) is 0 Å². The number of rotatable bonds is 4. The standard InChI is InChI=1S/C18H18BrNO4/c19-15-4-3-12-9-14(2-1-13(12)10-15)16(21)20-11-18(17(22)23)5-7-24-8-6-18/h1-4,9-10H,5-8,11H2,(H,20,21)(H,22,23). The van der Waals surface area contributed by atoms with Crippen LogP contribution >= 0.6 is 15.9 Å². The predicted molar refractivity (Wildman–Crippen MR) is 94.1 cm³/mol. The largest absolute Gasteiger partial charge is 0.481 e. The molecule has 0 aliphatic carbocycles. The first-order valence-electron chi connectivity index (χ1n) is 7.79. The van der Waals surface area contributed by atoms with Crippen molar-refractivity contribution in [2.45, 2.75) is 12.8 Å². The molecule has 2 aromatic carbocycles. The number of aliphatic carboxylic acids is 1. The molecule has 3 rings (SSSR count). The second-order valence-corrected chi connectivity index (χ2v) is 7.00. The first-order chi connectivity index (χ1) is 11.5. The highest BCUT2D eigenvalue weighted by Gasteiger charge is 2.40. The van der Waals surface area contributed by atoms with Gasteiger partial charge in [-0.1, -0.05) is 28.1 Å². The number of hydrogen-bond donors (Lipinski definition) is 2. The van der Waals surface area contributed by atoms with E-state index in [4.69, 9.17) is 4.74 Å². The van der Waals surface area contributed by atoms with E-state index >= 15 is 0 Å². The van der Waals surface area contributed by atoms with Gasteiger partial charge in [0.1, 0.15) is 0 Å². The number of benzene rings is 2. The lowest BCUT2D eigenvalue weighted by molar-refractivity contribution is -0.154. The van der Waals surface area contributed by atoms with Crippen LogP contribution in [0.3, 0.4) is 0 Å². The first kappa shape index (κ1) is 16.9. The molecule has 0 aromatic heterocycles. The summed E-state index contributed by atoms with van der Waals surface area (Å²) in [7, 11) is 0. The van der Waals surface area contributed by atoms with Crippen LogP contribution in [0.5, 0.6) is 0 Å². The monoisotopic (exact) mass is 391 g/mol. The van der Waals surface area contributed by atoms with Crippen molar-refractivity contribution in [3.05, 3.63) is 46.4 Å². The van der Waals surface area contributed by atoms with Crippen molar-refractivity contribution in [1.82, 2.24) is 5.32 Å². The van der Waals surface area contributed by atoms with E-state index in [-0.39, 0.29) is 12.5 Å². The maximum atomic E-state index is 12.4. The topological polar surface area (TPSA) is 75.6 Å². The van der Waals surface area contributed by atoms with Crippen LogP contribution in [0, 0.1) is 5.41 Å². The van der Waals surface area contributed by atoms with E-state index in [0.717, 1.165) is 15.2 Å². The molecule has 6 heteroatoms. The first-order valence-corrected chi connectivity index (χ1v) is 8.58. The van der Waals surface area contributed by atoms with Crippen LogP contribution in [0.4, 0.5) is 0 Å². The van der Waals surface area contributed by atoms with Crippen LogP contribution in [0.1, 0.15) is 23.2 Å². The fourth-order valence-electron chi connectivity index (χ4n) is 2.94. The lowest BCUT2D eigenvalue weighted by Gasteiger charge is -2.33. The molecule has 1 aliphatic heterocycles. The van der Waals surface area contributed by atoms with E-state index in [9.17, 15) is 14.7 Å². The molecule has 0 saturated carbocycles. The lowest BCUT2D eigenvalue weighted by atomic mass is 9.80. The maximum Gasteiger partial charge on any atom is 0.311 e. The van der Waals surface area contributed by atoms with Gasteiger partial charge in [0.15, 0.2) is 0 Å². The van der Waals surface area contributed by atoms with Crippen molar-refractivity contribution in [1.29, 1.82) is 0 Å². The average molecular weight is 392 g/mol. The van der Waals surface area contributed by atoms with E-state index in [1.54, 1.807) is 6.07 Å². The van der Waals surface area contributed by atoms with Crippen LogP contribution in [0.25, 0.3) is 10.8 Å². The number of ether oxygens (including phenoxy) is 1. The average Bonchev–Trinajstić information content (AvgIpc) is 2.60. The number of carbonyl (C=O) groups is 2. The summed E-state index contributed by atoms with van der Waals surface area (Å²) in [6, 6.07) is 11.3. The number of carboxylic acids is 1. The second kappa shape index (κ2) is 6.91. The molecule has 0 radical (unpaired) electrons. The molecular weight excluding hydrogens is 374 g/mol. The molecule has 0 unspecified atom stereocenters. The molecule has 24 heavy (non-hydrogen) atoms. The molecular formula is C18H18BrNO4. The predicted octanol–water partition coefficient (Wildman–Crippen LogP) is 3.21. The van der Waals surface area contributed by atoms with Gasteiger partial charge in [0.05, 0.1) is 5.41 Å². The Morgan fingerprint density at radius 1 is 1.12 bits per heavy atom. The summed E-state index contributed by atoms with van der Waals surface area (Å²) in [6.07, 6.45) is 0.822. The van der Waals surface area contributed by atoms with Crippen molar-refractivity contribution in [3.63, 3.8) is 0 Å². The molecule has 2 aromatic rings. The highest BCUT2D eigenvalue weighted by molar-refractivity contribution is 9.10. The third kappa shape index (κ3) is 3.44. The number of amides is 1. The summed E-state index contributed by atoms with van der Waals surface area (Å²) in [5, 5.41) is 14.3. The highest BCUT2D eigenvalue weighted by Crippen LogP contribution is 2.30. The fourth-order valence-corrected chi connectivity index (χ4v) is 3.32. The number of carbonyl (C=O) groups excluding carboxylic acids is 1. The molecule has 0 bridgehead atoms. The molecule has 1 fully saturated rings. The van der Waals surface area contributed by atoms with Crippen LogP contribution < -0.4 is 5.32 Å². The summed E-state index contributed by atoms with van der Waals surface area (Å²) >= 11 is 3.42. The minimum Gasteiger partial charge on any atom is -0.481 e. The molecule has 2 N–H and O–H groups in total. The maximum absolute atomic E-state index is 12.4. The van der Waals surface area contributed by atoms with Gasteiger partial charge >= 0.3 is 5.97 Å². The van der Waals surface area contributed by atoms with E-state index in [1.165, 1.54) is 0 Å². The Balaban J connectivity index is 1.74. The zero-order valence-corrected chi connectivity index (χ0v) is 14.6. The molecule has 1 saturated heterocycles. The van der Waals surface area contributed by atoms with Crippen molar-refractivity contribution >= 4 is 38.6 Å². The Hall–Kier alpha value is -1.92. The quantitative estimate of drug-likeness (QED) is 0.838. The van der Waals surface area contributed by atoms with Crippen molar-refractivity contribution in [3.8, 4) is 0 Å². The van der Waals surface area contributed by atoms with E-state index in [2.05, 4.69) is 21.2 Å². The van der Waals surface area contributed by atoms with Gasteiger partial charge in [-0.15, -0.1) is 0 Å². The number of hydrogen-bond acceptors (Lipinski definition) is 3. The minimum atomic E-state index is -0.935. The van der Waals surface area contributed by atoms with Gasteiger partial charge in [0.25, 0.3) is 5.91 Å². The normalized spacial score (nSPS) is 16.7. The summed E-state index contributed by atoms with van der Waals surface area (Å²) in [5.74, 6) is -1.14. The van der Waals surface area contributed by atoms with Crippen molar-refractivity contribution < 1.29 is 19.4 Å². The summed E-state index contributed by atoms with van der Waals surface area (Å²) in [4.78, 5) is 24.0.